The summed E-state index contributed by atoms with van der Waals surface area (Å²) >= 11 is 0. The third kappa shape index (κ3) is 7.73. The number of hydrogen-bond acceptors (Lipinski definition) is 5. The molecule has 0 spiro atoms. The molecule has 8 heteroatoms. The van der Waals surface area contributed by atoms with Crippen molar-refractivity contribution in [1.82, 2.24) is 25.4 Å². The molecule has 8 nitrogen and oxygen atoms in total. The number of nitrogens with one attached hydrogen (secondary N) is 2. The van der Waals surface area contributed by atoms with Gasteiger partial charge in [-0.05, 0) is 32.4 Å². The van der Waals surface area contributed by atoms with E-state index in [0.29, 0.717) is 26.4 Å². The van der Waals surface area contributed by atoms with Crippen LogP contribution in [0, 0.1) is 6.92 Å². The van der Waals surface area contributed by atoms with Crippen LogP contribution in [0.5, 0.6) is 5.75 Å². The highest BCUT2D eigenvalue weighted by atomic mass is 16.5. The number of benzene rings is 1. The minimum Gasteiger partial charge on any atom is -0.491 e. The zero-order valence-electron chi connectivity index (χ0n) is 18.1. The lowest BCUT2D eigenvalue weighted by molar-refractivity contribution is 0.110. The minimum atomic E-state index is 0.533. The zero-order valence-corrected chi connectivity index (χ0v) is 18.1. The highest BCUT2D eigenvalue weighted by molar-refractivity contribution is 5.79. The minimum absolute atomic E-state index is 0.533. The Morgan fingerprint density at radius 3 is 2.79 bits per heavy atom. The predicted octanol–water partition coefficient (Wildman–Crippen LogP) is 2.32. The number of ether oxygens (including phenoxy) is 2. The lowest BCUT2D eigenvalue weighted by Gasteiger charge is -2.14. The van der Waals surface area contributed by atoms with Crippen LogP contribution >= 0.6 is 0 Å². The standard InChI is InChI=1S/C21H34N6O2/c1-5-20-26-25-16-27(20)11-10-23-21(22-6-2)24-15-18-9-8-17(4)14-19(18)29-13-12-28-7-3/h8-9,14,16H,5-7,10-13,15H2,1-4H3,(H2,22,23,24). The summed E-state index contributed by atoms with van der Waals surface area (Å²) in [5, 5.41) is 14.7. The van der Waals surface area contributed by atoms with E-state index in [2.05, 4.69) is 64.4 Å². The van der Waals surface area contributed by atoms with Crippen LogP contribution < -0.4 is 15.4 Å². The molecule has 1 heterocycles. The lowest BCUT2D eigenvalue weighted by atomic mass is 10.1. The van der Waals surface area contributed by atoms with Crippen LogP contribution in [0.15, 0.2) is 29.5 Å². The van der Waals surface area contributed by atoms with Gasteiger partial charge in [0.1, 0.15) is 24.5 Å². The molecule has 0 atom stereocenters. The molecule has 0 saturated carbocycles. The second-order valence-electron chi connectivity index (χ2n) is 6.57. The molecule has 160 valence electrons. The highest BCUT2D eigenvalue weighted by Crippen LogP contribution is 2.21. The topological polar surface area (TPSA) is 85.6 Å². The van der Waals surface area contributed by atoms with Crippen molar-refractivity contribution in [3.05, 3.63) is 41.5 Å². The van der Waals surface area contributed by atoms with E-state index in [1.165, 1.54) is 0 Å². The van der Waals surface area contributed by atoms with Gasteiger partial charge in [0.15, 0.2) is 5.96 Å². The molecule has 0 aliphatic rings. The summed E-state index contributed by atoms with van der Waals surface area (Å²) in [4.78, 5) is 4.72. The molecule has 0 radical (unpaired) electrons. The Morgan fingerprint density at radius 2 is 2.03 bits per heavy atom. The molecule has 2 aromatic rings. The molecule has 0 unspecified atom stereocenters. The third-order valence-electron chi connectivity index (χ3n) is 4.32. The summed E-state index contributed by atoms with van der Waals surface area (Å²) in [5.74, 6) is 2.63. The van der Waals surface area contributed by atoms with E-state index in [4.69, 9.17) is 14.5 Å². The van der Waals surface area contributed by atoms with Crippen molar-refractivity contribution in [3.8, 4) is 5.75 Å². The summed E-state index contributed by atoms with van der Waals surface area (Å²) in [7, 11) is 0. The number of aliphatic imine (C=N–C) groups is 1. The van der Waals surface area contributed by atoms with Crippen LogP contribution in [0.25, 0.3) is 0 Å². The highest BCUT2D eigenvalue weighted by Gasteiger charge is 2.06. The summed E-state index contributed by atoms with van der Waals surface area (Å²) in [6.45, 7) is 12.8. The van der Waals surface area contributed by atoms with Crippen molar-refractivity contribution < 1.29 is 9.47 Å². The van der Waals surface area contributed by atoms with Crippen molar-refractivity contribution in [3.63, 3.8) is 0 Å². The van der Waals surface area contributed by atoms with Gasteiger partial charge in [0.05, 0.1) is 13.2 Å². The van der Waals surface area contributed by atoms with E-state index in [1.807, 2.05) is 6.92 Å². The van der Waals surface area contributed by atoms with Crippen LogP contribution in [0.1, 0.15) is 37.7 Å². The summed E-state index contributed by atoms with van der Waals surface area (Å²) in [6.07, 6.45) is 2.64. The van der Waals surface area contributed by atoms with Crippen LogP contribution in [0.4, 0.5) is 0 Å². The van der Waals surface area contributed by atoms with E-state index in [0.717, 1.165) is 54.7 Å². The first kappa shape index (κ1) is 22.7. The first-order valence-electron chi connectivity index (χ1n) is 10.4. The smallest absolute Gasteiger partial charge is 0.191 e. The largest absolute Gasteiger partial charge is 0.491 e. The zero-order chi connectivity index (χ0) is 20.9. The Hall–Kier alpha value is -2.61. The Bertz CT molecular complexity index is 759. The quantitative estimate of drug-likeness (QED) is 0.322. The van der Waals surface area contributed by atoms with Gasteiger partial charge in [-0.2, -0.15) is 0 Å². The molecular weight excluding hydrogens is 368 g/mol. The molecule has 2 N–H and O–H groups in total. The van der Waals surface area contributed by atoms with E-state index in [9.17, 15) is 0 Å². The predicted molar refractivity (Wildman–Crippen MR) is 115 cm³/mol. The molecular formula is C21H34N6O2. The molecule has 1 aromatic carbocycles. The number of hydrogen-bond donors (Lipinski definition) is 2. The van der Waals surface area contributed by atoms with Gasteiger partial charge in [-0.1, -0.05) is 19.1 Å². The molecule has 0 fully saturated rings. The number of aryl methyl sites for hydroxylation is 2. The Labute approximate surface area is 173 Å². The number of guanidine groups is 1. The Morgan fingerprint density at radius 1 is 1.17 bits per heavy atom. The number of rotatable bonds is 12. The van der Waals surface area contributed by atoms with Gasteiger partial charge in [0, 0.05) is 38.2 Å². The Kier molecular flexibility index (Phi) is 9.99. The first-order valence-corrected chi connectivity index (χ1v) is 10.4. The second kappa shape index (κ2) is 12.8. The van der Waals surface area contributed by atoms with E-state index in [1.54, 1.807) is 6.33 Å². The average Bonchev–Trinajstić information content (AvgIpc) is 3.18. The van der Waals surface area contributed by atoms with Gasteiger partial charge in [-0.25, -0.2) is 4.99 Å². The summed E-state index contributed by atoms with van der Waals surface area (Å²) < 4.78 is 13.3. The van der Waals surface area contributed by atoms with Gasteiger partial charge in [-0.3, -0.25) is 0 Å². The fourth-order valence-corrected chi connectivity index (χ4v) is 2.82. The fraction of sp³-hybridized carbons (Fsp3) is 0.571. The van der Waals surface area contributed by atoms with Gasteiger partial charge >= 0.3 is 0 Å². The summed E-state index contributed by atoms with van der Waals surface area (Å²) in [5.41, 5.74) is 2.21. The molecule has 0 aliphatic heterocycles. The number of nitrogens with zero attached hydrogens (tertiary/aromatic N) is 4. The Balaban J connectivity index is 1.96. The molecule has 2 rings (SSSR count). The van der Waals surface area contributed by atoms with Gasteiger partial charge in [0.2, 0.25) is 0 Å². The van der Waals surface area contributed by atoms with E-state index >= 15 is 0 Å². The molecule has 0 bridgehead atoms. The monoisotopic (exact) mass is 402 g/mol. The average molecular weight is 403 g/mol. The van der Waals surface area contributed by atoms with Crippen LogP contribution in [-0.2, 0) is 24.2 Å². The molecule has 29 heavy (non-hydrogen) atoms. The SMILES string of the molecule is CCNC(=NCc1ccc(C)cc1OCCOCC)NCCn1cnnc1CC. The van der Waals surface area contributed by atoms with Crippen LogP contribution in [-0.4, -0.2) is 53.6 Å². The lowest BCUT2D eigenvalue weighted by Crippen LogP contribution is -2.38. The molecule has 0 amide bonds. The fourth-order valence-electron chi connectivity index (χ4n) is 2.82. The van der Waals surface area contributed by atoms with Gasteiger partial charge in [0.25, 0.3) is 0 Å². The van der Waals surface area contributed by atoms with Gasteiger partial charge < -0.3 is 24.7 Å². The van der Waals surface area contributed by atoms with Crippen molar-refractivity contribution >= 4 is 5.96 Å². The van der Waals surface area contributed by atoms with Gasteiger partial charge in [-0.15, -0.1) is 10.2 Å². The van der Waals surface area contributed by atoms with E-state index < -0.39 is 0 Å². The summed E-state index contributed by atoms with van der Waals surface area (Å²) in [6, 6.07) is 6.21. The van der Waals surface area contributed by atoms with Crippen molar-refractivity contribution in [1.29, 1.82) is 0 Å². The third-order valence-corrected chi connectivity index (χ3v) is 4.32. The maximum atomic E-state index is 5.92. The van der Waals surface area contributed by atoms with E-state index in [-0.39, 0.29) is 0 Å². The maximum Gasteiger partial charge on any atom is 0.191 e. The van der Waals surface area contributed by atoms with Crippen molar-refractivity contribution in [2.75, 3.05) is 32.9 Å². The van der Waals surface area contributed by atoms with Crippen LogP contribution in [0.2, 0.25) is 0 Å². The molecule has 0 aliphatic carbocycles. The van der Waals surface area contributed by atoms with Crippen molar-refractivity contribution in [2.45, 2.75) is 47.2 Å². The van der Waals surface area contributed by atoms with Crippen LogP contribution in [0.3, 0.4) is 0 Å². The second-order valence-corrected chi connectivity index (χ2v) is 6.57. The first-order chi connectivity index (χ1) is 14.2. The molecule has 0 saturated heterocycles. The maximum absolute atomic E-state index is 5.92. The molecule has 1 aromatic heterocycles. The normalized spacial score (nSPS) is 11.5. The number of aromatic nitrogens is 3. The van der Waals surface area contributed by atoms with Crippen molar-refractivity contribution in [2.24, 2.45) is 4.99 Å².